The molecule has 0 unspecified atom stereocenters. The fourth-order valence-corrected chi connectivity index (χ4v) is 3.21. The summed E-state index contributed by atoms with van der Waals surface area (Å²) in [4.78, 5) is 4.81. The summed E-state index contributed by atoms with van der Waals surface area (Å²) in [7, 11) is 0. The molecule has 124 valence electrons. The van der Waals surface area contributed by atoms with Gasteiger partial charge >= 0.3 is 0 Å². The maximum absolute atomic E-state index is 6.24. The summed E-state index contributed by atoms with van der Waals surface area (Å²) in [5, 5.41) is 4.25. The van der Waals surface area contributed by atoms with Gasteiger partial charge in [-0.05, 0) is 35.9 Å². The Labute approximate surface area is 151 Å². The van der Waals surface area contributed by atoms with Gasteiger partial charge in [-0.2, -0.15) is 0 Å². The van der Waals surface area contributed by atoms with Crippen LogP contribution in [0.15, 0.2) is 78.9 Å². The minimum Gasteiger partial charge on any atom is -0.306 e. The summed E-state index contributed by atoms with van der Waals surface area (Å²) in [6, 6.07) is 26.4. The van der Waals surface area contributed by atoms with E-state index in [0.29, 0.717) is 13.1 Å². The lowest BCUT2D eigenvalue weighted by Gasteiger charge is -2.10. The fraction of sp³-hybridized carbons (Fsp3) is 0.0952. The number of hydrogen-bond acceptors (Lipinski definition) is 2. The molecule has 4 aromatic rings. The van der Waals surface area contributed by atoms with Crippen molar-refractivity contribution in [3.8, 4) is 5.69 Å². The summed E-state index contributed by atoms with van der Waals surface area (Å²) in [5.41, 5.74) is 4.32. The molecule has 3 nitrogen and oxygen atoms in total. The topological polar surface area (TPSA) is 29.9 Å². The van der Waals surface area contributed by atoms with Crippen LogP contribution in [-0.4, -0.2) is 9.55 Å². The molecule has 0 spiro atoms. The lowest BCUT2D eigenvalue weighted by atomic mass is 10.2. The Bertz CT molecular complexity index is 992. The highest BCUT2D eigenvalue weighted by Gasteiger charge is 2.11. The van der Waals surface area contributed by atoms with Gasteiger partial charge in [-0.1, -0.05) is 60.1 Å². The normalized spacial score (nSPS) is 11.1. The molecule has 25 heavy (non-hydrogen) atoms. The van der Waals surface area contributed by atoms with Gasteiger partial charge < -0.3 is 5.32 Å². The Morgan fingerprint density at radius 1 is 0.800 bits per heavy atom. The summed E-state index contributed by atoms with van der Waals surface area (Å²) < 4.78 is 2.20. The third-order valence-electron chi connectivity index (χ3n) is 4.20. The zero-order valence-electron chi connectivity index (χ0n) is 13.7. The van der Waals surface area contributed by atoms with Gasteiger partial charge in [0, 0.05) is 17.3 Å². The van der Waals surface area contributed by atoms with E-state index in [2.05, 4.69) is 28.1 Å². The van der Waals surface area contributed by atoms with Crippen LogP contribution in [0.2, 0.25) is 5.02 Å². The van der Waals surface area contributed by atoms with Crippen molar-refractivity contribution in [1.29, 1.82) is 0 Å². The molecule has 1 aromatic heterocycles. The number of aromatic nitrogens is 2. The molecular formula is C21H18ClN3. The molecule has 1 heterocycles. The maximum atomic E-state index is 6.24. The fourth-order valence-electron chi connectivity index (χ4n) is 3.01. The number of rotatable bonds is 5. The Kier molecular flexibility index (Phi) is 4.51. The predicted molar refractivity (Wildman–Crippen MR) is 103 cm³/mol. The summed E-state index contributed by atoms with van der Waals surface area (Å²) in [6.07, 6.45) is 0. The Balaban J connectivity index is 1.64. The smallest absolute Gasteiger partial charge is 0.128 e. The van der Waals surface area contributed by atoms with Gasteiger partial charge in [0.05, 0.1) is 17.6 Å². The minimum atomic E-state index is 0.662. The first kappa shape index (κ1) is 15.9. The van der Waals surface area contributed by atoms with Crippen LogP contribution in [0.3, 0.4) is 0 Å². The minimum absolute atomic E-state index is 0.662. The molecule has 4 rings (SSSR count). The highest BCUT2D eigenvalue weighted by molar-refractivity contribution is 6.31. The molecule has 0 aliphatic rings. The highest BCUT2D eigenvalue weighted by atomic mass is 35.5. The average Bonchev–Trinajstić information content (AvgIpc) is 3.02. The first-order valence-electron chi connectivity index (χ1n) is 8.29. The molecular weight excluding hydrogens is 330 g/mol. The van der Waals surface area contributed by atoms with Gasteiger partial charge in [0.15, 0.2) is 0 Å². The SMILES string of the molecule is Clc1ccccc1CNCc1nc2ccccc2n1-c1ccccc1. The van der Waals surface area contributed by atoms with E-state index in [-0.39, 0.29) is 0 Å². The second-order valence-corrected chi connectivity index (χ2v) is 6.29. The second kappa shape index (κ2) is 7.09. The number of hydrogen-bond donors (Lipinski definition) is 1. The monoisotopic (exact) mass is 347 g/mol. The van der Waals surface area contributed by atoms with Crippen LogP contribution < -0.4 is 5.32 Å². The van der Waals surface area contributed by atoms with Crippen LogP contribution in [0, 0.1) is 0 Å². The van der Waals surface area contributed by atoms with Crippen molar-refractivity contribution in [2.45, 2.75) is 13.1 Å². The van der Waals surface area contributed by atoms with Crippen molar-refractivity contribution in [3.05, 3.63) is 95.3 Å². The van der Waals surface area contributed by atoms with Gasteiger partial charge in [-0.25, -0.2) is 4.98 Å². The molecule has 0 saturated heterocycles. The Hall–Kier alpha value is -2.62. The average molecular weight is 348 g/mol. The van der Waals surface area contributed by atoms with Crippen LogP contribution in [0.1, 0.15) is 11.4 Å². The third kappa shape index (κ3) is 3.29. The molecule has 0 radical (unpaired) electrons. The first-order chi connectivity index (χ1) is 12.3. The van der Waals surface area contributed by atoms with Crippen LogP contribution in [-0.2, 0) is 13.1 Å². The van der Waals surface area contributed by atoms with Crippen LogP contribution >= 0.6 is 11.6 Å². The van der Waals surface area contributed by atoms with E-state index < -0.39 is 0 Å². The zero-order chi connectivity index (χ0) is 17.1. The number of imidazole rings is 1. The van der Waals surface area contributed by atoms with Gasteiger partial charge in [-0.3, -0.25) is 4.57 Å². The quantitative estimate of drug-likeness (QED) is 0.552. The van der Waals surface area contributed by atoms with Gasteiger partial charge in [0.1, 0.15) is 5.82 Å². The highest BCUT2D eigenvalue weighted by Crippen LogP contribution is 2.21. The lowest BCUT2D eigenvalue weighted by molar-refractivity contribution is 0.657. The lowest BCUT2D eigenvalue weighted by Crippen LogP contribution is -2.16. The predicted octanol–water partition coefficient (Wildman–Crippen LogP) is 4.97. The van der Waals surface area contributed by atoms with Crippen molar-refractivity contribution in [3.63, 3.8) is 0 Å². The number of halogens is 1. The standard InChI is InChI=1S/C21H18ClN3/c22-18-11-5-4-8-16(18)14-23-15-21-24-19-12-6-7-13-20(19)25(21)17-9-2-1-3-10-17/h1-13,23H,14-15H2. The Morgan fingerprint density at radius 2 is 1.52 bits per heavy atom. The van der Waals surface area contributed by atoms with E-state index in [1.54, 1.807) is 0 Å². The molecule has 1 N–H and O–H groups in total. The van der Waals surface area contributed by atoms with Gasteiger partial charge in [0.2, 0.25) is 0 Å². The van der Waals surface area contributed by atoms with E-state index in [4.69, 9.17) is 16.6 Å². The van der Waals surface area contributed by atoms with E-state index in [9.17, 15) is 0 Å². The van der Waals surface area contributed by atoms with Crippen LogP contribution in [0.25, 0.3) is 16.7 Å². The van der Waals surface area contributed by atoms with Crippen molar-refractivity contribution in [1.82, 2.24) is 14.9 Å². The summed E-state index contributed by atoms with van der Waals surface area (Å²) in [5.74, 6) is 0.986. The van der Waals surface area contributed by atoms with Crippen molar-refractivity contribution >= 4 is 22.6 Å². The molecule has 3 aromatic carbocycles. The van der Waals surface area contributed by atoms with Crippen molar-refractivity contribution in [2.75, 3.05) is 0 Å². The molecule has 0 saturated carbocycles. The molecule has 0 atom stereocenters. The molecule has 0 amide bonds. The zero-order valence-corrected chi connectivity index (χ0v) is 14.4. The van der Waals surface area contributed by atoms with E-state index in [0.717, 1.165) is 33.1 Å². The van der Waals surface area contributed by atoms with Crippen LogP contribution in [0.5, 0.6) is 0 Å². The van der Waals surface area contributed by atoms with Crippen molar-refractivity contribution in [2.24, 2.45) is 0 Å². The second-order valence-electron chi connectivity index (χ2n) is 5.88. The number of nitrogens with zero attached hydrogens (tertiary/aromatic N) is 2. The van der Waals surface area contributed by atoms with E-state index in [1.807, 2.05) is 60.7 Å². The Morgan fingerprint density at radius 3 is 2.36 bits per heavy atom. The molecule has 0 fully saturated rings. The largest absolute Gasteiger partial charge is 0.306 e. The summed E-state index contributed by atoms with van der Waals surface area (Å²) >= 11 is 6.24. The molecule has 0 bridgehead atoms. The number of benzene rings is 3. The van der Waals surface area contributed by atoms with E-state index >= 15 is 0 Å². The van der Waals surface area contributed by atoms with Crippen molar-refractivity contribution < 1.29 is 0 Å². The number of nitrogens with one attached hydrogen (secondary N) is 1. The van der Waals surface area contributed by atoms with Gasteiger partial charge in [0.25, 0.3) is 0 Å². The molecule has 4 heteroatoms. The first-order valence-corrected chi connectivity index (χ1v) is 8.66. The number of fused-ring (bicyclic) bond motifs is 1. The number of para-hydroxylation sites is 3. The maximum Gasteiger partial charge on any atom is 0.128 e. The summed E-state index contributed by atoms with van der Waals surface area (Å²) in [6.45, 7) is 1.37. The molecule has 0 aliphatic carbocycles. The third-order valence-corrected chi connectivity index (χ3v) is 4.57. The van der Waals surface area contributed by atoms with Crippen LogP contribution in [0.4, 0.5) is 0 Å². The van der Waals surface area contributed by atoms with E-state index in [1.165, 1.54) is 0 Å². The molecule has 0 aliphatic heterocycles. The van der Waals surface area contributed by atoms with Gasteiger partial charge in [-0.15, -0.1) is 0 Å².